The summed E-state index contributed by atoms with van der Waals surface area (Å²) in [6.45, 7) is 21.9. The molecule has 4 aliphatic carbocycles. The van der Waals surface area contributed by atoms with E-state index in [1.807, 2.05) is 13.8 Å². The Morgan fingerprint density at radius 3 is 2.50 bits per heavy atom. The maximum Gasteiger partial charge on any atom is 0.307 e. The monoisotopic (exact) mass is 611 g/mol. The molecule has 0 amide bonds. The summed E-state index contributed by atoms with van der Waals surface area (Å²) in [7, 11) is 0. The fraction of sp³-hybridized carbons (Fsp3) is 0.886. The van der Waals surface area contributed by atoms with Crippen LogP contribution in [0.2, 0.25) is 0 Å². The van der Waals surface area contributed by atoms with Crippen molar-refractivity contribution in [2.75, 3.05) is 19.8 Å². The molecule has 0 aromatic carbocycles. The molecule has 3 N–H and O–H groups in total. The van der Waals surface area contributed by atoms with Crippen LogP contribution in [0.3, 0.4) is 0 Å². The molecule has 2 bridgehead atoms. The van der Waals surface area contributed by atoms with Gasteiger partial charge in [-0.05, 0) is 97.5 Å². The number of nitrogens with zero attached hydrogens (tertiary/aromatic N) is 4. The van der Waals surface area contributed by atoms with Gasteiger partial charge in [-0.25, -0.2) is 0 Å². The fourth-order valence-electron chi connectivity index (χ4n) is 11.7. The first-order valence-electron chi connectivity index (χ1n) is 17.1. The first-order chi connectivity index (χ1) is 20.4. The van der Waals surface area contributed by atoms with Crippen molar-refractivity contribution in [2.24, 2.45) is 62.4 Å². The number of fused-ring (bicyclic) bond motifs is 3. The summed E-state index contributed by atoms with van der Waals surface area (Å²) in [4.78, 5) is 15.1. The summed E-state index contributed by atoms with van der Waals surface area (Å²) in [5.74, 6) is 0.428. The maximum atomic E-state index is 13.4. The Bertz CT molecular complexity index is 1290. The number of carbonyl (C=O) groups is 1. The Kier molecular flexibility index (Phi) is 7.54. The van der Waals surface area contributed by atoms with E-state index in [-0.39, 0.29) is 39.2 Å². The van der Waals surface area contributed by atoms with Gasteiger partial charge in [-0.1, -0.05) is 60.1 Å². The van der Waals surface area contributed by atoms with Gasteiger partial charge in [0.2, 0.25) is 0 Å². The molecule has 1 unspecified atom stereocenters. The van der Waals surface area contributed by atoms with Crippen LogP contribution in [0.25, 0.3) is 0 Å². The molecule has 0 radical (unpaired) electrons. The zero-order valence-electron chi connectivity index (χ0n) is 28.6. The number of hydrogen-bond donors (Lipinski definition) is 2. The minimum atomic E-state index is -0.622. The number of tetrazole rings is 1. The van der Waals surface area contributed by atoms with Crippen LogP contribution in [-0.4, -0.2) is 62.7 Å². The first kappa shape index (κ1) is 32.1. The van der Waals surface area contributed by atoms with Crippen molar-refractivity contribution in [1.29, 1.82) is 0 Å². The van der Waals surface area contributed by atoms with Crippen molar-refractivity contribution >= 4 is 5.97 Å². The second-order valence-corrected chi connectivity index (χ2v) is 17.6. The van der Waals surface area contributed by atoms with Gasteiger partial charge in [-0.2, -0.15) is 4.80 Å². The Morgan fingerprint density at radius 2 is 1.89 bits per heavy atom. The zero-order valence-corrected chi connectivity index (χ0v) is 28.6. The molecule has 6 rings (SSSR count). The number of aromatic nitrogens is 4. The highest BCUT2D eigenvalue weighted by Gasteiger charge is 2.72. The molecule has 1 aliphatic heterocycles. The molecular weight excluding hydrogens is 554 g/mol. The number of aliphatic carboxylic acids is 1. The van der Waals surface area contributed by atoms with Crippen molar-refractivity contribution in [3.8, 4) is 0 Å². The third-order valence-corrected chi connectivity index (χ3v) is 14.4. The van der Waals surface area contributed by atoms with Crippen LogP contribution in [0.15, 0.2) is 18.0 Å². The normalized spacial score (nSPS) is 46.0. The van der Waals surface area contributed by atoms with Gasteiger partial charge >= 0.3 is 5.97 Å². The molecule has 246 valence electrons. The van der Waals surface area contributed by atoms with Gasteiger partial charge in [0.15, 0.2) is 6.33 Å². The third kappa shape index (κ3) is 4.34. The highest BCUT2D eigenvalue weighted by Crippen LogP contribution is 2.75. The van der Waals surface area contributed by atoms with Crippen molar-refractivity contribution in [3.05, 3.63) is 18.0 Å². The van der Waals surface area contributed by atoms with Gasteiger partial charge in [0, 0.05) is 16.4 Å². The lowest BCUT2D eigenvalue weighted by Gasteiger charge is -2.71. The SMILES string of the molecule is CC(C)[C@@H](C)[C@@]1(C)CC[C@]2(C)[C@H]3CC[C@@H]4C5(COC[C@]4(C)[C@H](OCC(C)(C)N)[C@H](n4ncnn4)C5)C3=CC[C@@]2(C)[C@@H]1C(=O)O. The topological polar surface area (TPSA) is 125 Å². The van der Waals surface area contributed by atoms with E-state index in [9.17, 15) is 9.90 Å². The lowest BCUT2D eigenvalue weighted by Crippen LogP contribution is -2.69. The molecule has 4 fully saturated rings. The van der Waals surface area contributed by atoms with E-state index >= 15 is 0 Å². The molecule has 3 saturated carbocycles. The van der Waals surface area contributed by atoms with Crippen LogP contribution in [0, 0.1) is 56.7 Å². The standard InChI is InChI=1S/C35H57N5O4/c1-21(2)22(3)31(6)14-15-33(8)23-10-11-26-32(7)18-43-19-35(26,24(23)12-13-34(33,9)27(31)29(41)42)16-25(40-38-20-37-39-40)28(32)44-17-30(4,5)36/h12,20-23,25-28H,10-11,13-19,36H2,1-9H3,(H,41,42)/t22-,23+,25-,26+,27-,28-,31-,32+,33-,34+,35?/m1/s1. The predicted molar refractivity (Wildman–Crippen MR) is 168 cm³/mol. The average Bonchev–Trinajstić information content (AvgIpc) is 3.46. The van der Waals surface area contributed by atoms with E-state index in [0.29, 0.717) is 43.5 Å². The predicted octanol–water partition coefficient (Wildman–Crippen LogP) is 5.93. The molecule has 44 heavy (non-hydrogen) atoms. The summed E-state index contributed by atoms with van der Waals surface area (Å²) >= 11 is 0. The Hall–Kier alpha value is -1.84. The largest absolute Gasteiger partial charge is 0.481 e. The average molecular weight is 612 g/mol. The second-order valence-electron chi connectivity index (χ2n) is 17.6. The zero-order chi connectivity index (χ0) is 32.1. The van der Waals surface area contributed by atoms with E-state index < -0.39 is 17.4 Å². The molecule has 9 heteroatoms. The van der Waals surface area contributed by atoms with Crippen LogP contribution in [0.5, 0.6) is 0 Å². The molecular formula is C35H57N5O4. The van der Waals surface area contributed by atoms with Crippen LogP contribution in [-0.2, 0) is 14.3 Å². The van der Waals surface area contributed by atoms with E-state index in [1.165, 1.54) is 11.9 Å². The van der Waals surface area contributed by atoms with Crippen LogP contribution in [0.4, 0.5) is 0 Å². The minimum Gasteiger partial charge on any atom is -0.481 e. The lowest BCUT2D eigenvalue weighted by atomic mass is 9.34. The first-order valence-corrected chi connectivity index (χ1v) is 17.1. The quantitative estimate of drug-likeness (QED) is 0.364. The van der Waals surface area contributed by atoms with E-state index in [2.05, 4.69) is 70.0 Å². The van der Waals surface area contributed by atoms with Gasteiger partial charge in [-0.3, -0.25) is 4.79 Å². The van der Waals surface area contributed by atoms with Crippen LogP contribution in [0.1, 0.15) is 107 Å². The summed E-state index contributed by atoms with van der Waals surface area (Å²) in [6, 6.07) is -0.0981. The van der Waals surface area contributed by atoms with Gasteiger partial charge < -0.3 is 20.3 Å². The lowest BCUT2D eigenvalue weighted by molar-refractivity contribution is -0.253. The second kappa shape index (κ2) is 10.3. The fourth-order valence-corrected chi connectivity index (χ4v) is 11.7. The number of carboxylic acids is 1. The minimum absolute atomic E-state index is 0.0981. The molecule has 11 atom stereocenters. The molecule has 1 aromatic heterocycles. The van der Waals surface area contributed by atoms with Crippen LogP contribution >= 0.6 is 0 Å². The molecule has 0 spiro atoms. The van der Waals surface area contributed by atoms with Crippen molar-refractivity contribution < 1.29 is 19.4 Å². The number of nitrogens with two attached hydrogens (primary N) is 1. The third-order valence-electron chi connectivity index (χ3n) is 14.4. The summed E-state index contributed by atoms with van der Waals surface area (Å²) in [6.07, 6.45) is 9.59. The molecule has 5 aliphatic rings. The summed E-state index contributed by atoms with van der Waals surface area (Å²) in [5.41, 5.74) is 6.31. The van der Waals surface area contributed by atoms with Gasteiger partial charge in [0.05, 0.1) is 31.8 Å². The van der Waals surface area contributed by atoms with E-state index in [4.69, 9.17) is 15.2 Å². The summed E-state index contributed by atoms with van der Waals surface area (Å²) in [5, 5.41) is 24.0. The van der Waals surface area contributed by atoms with Crippen molar-refractivity contribution in [2.45, 2.75) is 119 Å². The maximum absolute atomic E-state index is 13.4. The van der Waals surface area contributed by atoms with E-state index in [0.717, 1.165) is 38.5 Å². The van der Waals surface area contributed by atoms with E-state index in [1.54, 1.807) is 4.80 Å². The molecule has 1 saturated heterocycles. The number of hydrogen-bond acceptors (Lipinski definition) is 7. The van der Waals surface area contributed by atoms with Gasteiger partial charge in [0.25, 0.3) is 0 Å². The highest BCUT2D eigenvalue weighted by molar-refractivity contribution is 5.73. The number of carboxylic acid groups (broad SMARTS) is 1. The highest BCUT2D eigenvalue weighted by atomic mass is 16.5. The Labute approximate surface area is 264 Å². The smallest absolute Gasteiger partial charge is 0.307 e. The Morgan fingerprint density at radius 1 is 1.16 bits per heavy atom. The van der Waals surface area contributed by atoms with Gasteiger partial charge in [0.1, 0.15) is 6.04 Å². The molecule has 1 aromatic rings. The van der Waals surface area contributed by atoms with Crippen LogP contribution < -0.4 is 5.73 Å². The summed E-state index contributed by atoms with van der Waals surface area (Å²) < 4.78 is 13.4. The Balaban J connectivity index is 1.45. The van der Waals surface area contributed by atoms with Gasteiger partial charge in [-0.15, -0.1) is 10.2 Å². The van der Waals surface area contributed by atoms with Crippen molar-refractivity contribution in [3.63, 3.8) is 0 Å². The molecule has 2 heterocycles. The molecule has 9 nitrogen and oxygen atoms in total. The van der Waals surface area contributed by atoms with Crippen molar-refractivity contribution in [1.82, 2.24) is 20.2 Å². The number of ether oxygens (including phenoxy) is 2. The number of allylic oxidation sites excluding steroid dienone is 1. The number of rotatable bonds is 7.